The van der Waals surface area contributed by atoms with Crippen molar-refractivity contribution in [2.75, 3.05) is 18.8 Å². The predicted molar refractivity (Wildman–Crippen MR) is 139 cm³/mol. The van der Waals surface area contributed by atoms with Crippen molar-refractivity contribution < 1.29 is 13.9 Å². The average Bonchev–Trinajstić information content (AvgIpc) is 3.44. The fourth-order valence-electron chi connectivity index (χ4n) is 4.33. The van der Waals surface area contributed by atoms with Gasteiger partial charge in [-0.1, -0.05) is 12.1 Å². The van der Waals surface area contributed by atoms with Crippen LogP contribution in [0, 0.1) is 0 Å². The number of furan rings is 1. The molecule has 0 radical (unpaired) electrons. The Bertz CT molecular complexity index is 1380. The Balaban J connectivity index is 1.34. The number of aromatic nitrogens is 3. The first-order chi connectivity index (χ1) is 16.7. The third kappa shape index (κ3) is 4.77. The first-order valence-corrected chi connectivity index (χ1v) is 12.4. The Kier molecular flexibility index (Phi) is 6.04. The van der Waals surface area contributed by atoms with Gasteiger partial charge in [0.15, 0.2) is 5.76 Å². The van der Waals surface area contributed by atoms with E-state index in [1.165, 1.54) is 0 Å². The summed E-state index contributed by atoms with van der Waals surface area (Å²) in [5, 5.41) is 5.60. The zero-order chi connectivity index (χ0) is 24.7. The number of benzene rings is 1. The van der Waals surface area contributed by atoms with Crippen molar-refractivity contribution >= 4 is 38.8 Å². The third-order valence-corrected chi connectivity index (χ3v) is 6.91. The highest BCUT2D eigenvalue weighted by Gasteiger charge is 2.28. The summed E-state index contributed by atoms with van der Waals surface area (Å²) in [6.07, 6.45) is 7.00. The van der Waals surface area contributed by atoms with Gasteiger partial charge in [-0.05, 0) is 67.7 Å². The van der Waals surface area contributed by atoms with Gasteiger partial charge in [0.05, 0.1) is 22.3 Å². The van der Waals surface area contributed by atoms with Crippen LogP contribution < -0.4 is 5.73 Å². The monoisotopic (exact) mass is 537 g/mol. The summed E-state index contributed by atoms with van der Waals surface area (Å²) >= 11 is 3.66. The second kappa shape index (κ2) is 9.03. The topological polar surface area (TPSA) is 99.4 Å². The minimum Gasteiger partial charge on any atom is -0.455 e. The molecule has 182 valence electrons. The highest BCUT2D eigenvalue weighted by atomic mass is 79.9. The molecule has 1 amide bonds. The number of carbonyl (C=O) groups is 1. The first-order valence-electron chi connectivity index (χ1n) is 11.6. The van der Waals surface area contributed by atoms with E-state index in [4.69, 9.17) is 14.9 Å². The van der Waals surface area contributed by atoms with Gasteiger partial charge in [0.1, 0.15) is 17.0 Å². The van der Waals surface area contributed by atoms with Crippen molar-refractivity contribution in [2.45, 2.75) is 45.3 Å². The number of likely N-dealkylation sites (tertiary alicyclic amines) is 1. The predicted octanol–water partition coefficient (Wildman–Crippen LogP) is 6.28. The minimum absolute atomic E-state index is 0.216. The van der Waals surface area contributed by atoms with Gasteiger partial charge in [-0.25, -0.2) is 9.78 Å². The summed E-state index contributed by atoms with van der Waals surface area (Å²) in [6, 6.07) is 10.0. The molecule has 4 aromatic rings. The van der Waals surface area contributed by atoms with Crippen LogP contribution in [0.25, 0.3) is 33.4 Å². The summed E-state index contributed by atoms with van der Waals surface area (Å²) < 4.78 is 14.4. The van der Waals surface area contributed by atoms with Crippen LogP contribution in [-0.4, -0.2) is 44.4 Å². The lowest BCUT2D eigenvalue weighted by Gasteiger charge is -2.33. The van der Waals surface area contributed by atoms with E-state index in [9.17, 15) is 4.79 Å². The maximum Gasteiger partial charge on any atom is 0.410 e. The van der Waals surface area contributed by atoms with E-state index >= 15 is 0 Å². The zero-order valence-electron chi connectivity index (χ0n) is 20.0. The second-order valence-electron chi connectivity index (χ2n) is 9.81. The Morgan fingerprint density at radius 3 is 2.63 bits per heavy atom. The summed E-state index contributed by atoms with van der Waals surface area (Å²) in [6.45, 7) is 6.93. The van der Waals surface area contributed by atoms with Gasteiger partial charge in [0, 0.05) is 42.0 Å². The number of nitrogens with zero attached hydrogens (tertiary/aromatic N) is 4. The number of hydrogen-bond donors (Lipinski definition) is 1. The van der Waals surface area contributed by atoms with Gasteiger partial charge >= 0.3 is 6.09 Å². The Morgan fingerprint density at radius 1 is 1.17 bits per heavy atom. The Hall–Kier alpha value is -3.33. The molecule has 0 aliphatic carbocycles. The molecule has 35 heavy (non-hydrogen) atoms. The van der Waals surface area contributed by atoms with Gasteiger partial charge in [-0.15, -0.1) is 0 Å². The highest BCUT2D eigenvalue weighted by molar-refractivity contribution is 9.10. The van der Waals surface area contributed by atoms with Crippen LogP contribution in [-0.2, 0) is 4.74 Å². The lowest BCUT2D eigenvalue weighted by molar-refractivity contribution is 0.0185. The number of piperidine rings is 1. The summed E-state index contributed by atoms with van der Waals surface area (Å²) in [5.74, 6) is 1.05. The molecule has 3 aromatic heterocycles. The van der Waals surface area contributed by atoms with E-state index in [1.807, 2.05) is 68.2 Å². The SMILES string of the molecule is CC(C)(C)OC(=O)N1CCC(n2cc(-c3cnc(N)c(-c4oc5ccccc5c4Br)c3)cn2)CC1. The molecule has 1 saturated heterocycles. The molecule has 1 fully saturated rings. The van der Waals surface area contributed by atoms with E-state index in [-0.39, 0.29) is 12.1 Å². The van der Waals surface area contributed by atoms with E-state index in [2.05, 4.69) is 26.0 Å². The lowest BCUT2D eigenvalue weighted by Crippen LogP contribution is -2.42. The number of pyridine rings is 1. The molecule has 8 nitrogen and oxygen atoms in total. The number of nitrogens with two attached hydrogens (primary N) is 1. The molecule has 1 aliphatic rings. The molecule has 2 N–H and O–H groups in total. The number of hydrogen-bond acceptors (Lipinski definition) is 6. The largest absolute Gasteiger partial charge is 0.455 e. The van der Waals surface area contributed by atoms with E-state index in [0.717, 1.165) is 45.0 Å². The maximum atomic E-state index is 12.4. The van der Waals surface area contributed by atoms with Crippen molar-refractivity contribution in [3.8, 4) is 22.5 Å². The number of rotatable bonds is 3. The number of para-hydroxylation sites is 1. The molecule has 0 spiro atoms. The molecule has 5 rings (SSSR count). The van der Waals surface area contributed by atoms with Crippen molar-refractivity contribution in [3.05, 3.63) is 53.4 Å². The molecule has 9 heteroatoms. The molecule has 1 aliphatic heterocycles. The average molecular weight is 538 g/mol. The van der Waals surface area contributed by atoms with Gasteiger partial charge in [-0.3, -0.25) is 4.68 Å². The van der Waals surface area contributed by atoms with Crippen molar-refractivity contribution in [2.24, 2.45) is 0 Å². The highest BCUT2D eigenvalue weighted by Crippen LogP contribution is 2.40. The van der Waals surface area contributed by atoms with Crippen LogP contribution in [0.3, 0.4) is 0 Å². The molecule has 4 heterocycles. The number of halogens is 1. The van der Waals surface area contributed by atoms with Crippen LogP contribution in [0.5, 0.6) is 0 Å². The summed E-state index contributed by atoms with van der Waals surface area (Å²) in [7, 11) is 0. The number of amides is 1. The van der Waals surface area contributed by atoms with E-state index in [1.54, 1.807) is 11.1 Å². The van der Waals surface area contributed by atoms with Crippen LogP contribution in [0.15, 0.2) is 57.8 Å². The zero-order valence-corrected chi connectivity index (χ0v) is 21.6. The number of anilines is 1. The summed E-state index contributed by atoms with van der Waals surface area (Å²) in [5.41, 5.74) is 9.10. The standard InChI is InChI=1S/C26H28BrN5O3/c1-26(2,3)35-25(33)31-10-8-18(9-11-31)32-15-17(14-30-32)16-12-20(24(28)29-13-16)23-22(27)19-6-4-5-7-21(19)34-23/h4-7,12-15,18H,8-11H2,1-3H3,(H2,28,29). The minimum atomic E-state index is -0.491. The first kappa shape index (κ1) is 23.4. The molecule has 0 bridgehead atoms. The maximum absolute atomic E-state index is 12.4. The fraction of sp³-hybridized carbons (Fsp3) is 0.346. The number of fused-ring (bicyclic) bond motifs is 1. The second-order valence-corrected chi connectivity index (χ2v) is 10.6. The quantitative estimate of drug-likeness (QED) is 0.330. The van der Waals surface area contributed by atoms with Crippen LogP contribution in [0.2, 0.25) is 0 Å². The van der Waals surface area contributed by atoms with Gasteiger partial charge in [0.25, 0.3) is 0 Å². The van der Waals surface area contributed by atoms with Crippen LogP contribution in [0.4, 0.5) is 10.6 Å². The molecule has 0 atom stereocenters. The van der Waals surface area contributed by atoms with Crippen LogP contribution >= 0.6 is 15.9 Å². The fourth-order valence-corrected chi connectivity index (χ4v) is 4.95. The molecule has 1 aromatic carbocycles. The Labute approximate surface area is 212 Å². The third-order valence-electron chi connectivity index (χ3n) is 6.12. The molecule has 0 unspecified atom stereocenters. The number of nitrogen functional groups attached to an aromatic ring is 1. The normalized spacial score (nSPS) is 15.0. The van der Waals surface area contributed by atoms with Gasteiger partial charge in [0.2, 0.25) is 0 Å². The van der Waals surface area contributed by atoms with Crippen molar-refractivity contribution in [1.82, 2.24) is 19.7 Å². The Morgan fingerprint density at radius 2 is 1.91 bits per heavy atom. The summed E-state index contributed by atoms with van der Waals surface area (Å²) in [4.78, 5) is 18.6. The molecular formula is C26H28BrN5O3. The van der Waals surface area contributed by atoms with E-state index < -0.39 is 5.60 Å². The number of ether oxygens (including phenoxy) is 1. The van der Waals surface area contributed by atoms with Gasteiger partial charge in [-0.2, -0.15) is 5.10 Å². The van der Waals surface area contributed by atoms with Crippen molar-refractivity contribution in [3.63, 3.8) is 0 Å². The molecule has 0 saturated carbocycles. The smallest absolute Gasteiger partial charge is 0.410 e. The van der Waals surface area contributed by atoms with Crippen molar-refractivity contribution in [1.29, 1.82) is 0 Å². The lowest BCUT2D eigenvalue weighted by atomic mass is 10.1. The van der Waals surface area contributed by atoms with Crippen LogP contribution in [0.1, 0.15) is 39.7 Å². The van der Waals surface area contributed by atoms with Gasteiger partial charge < -0.3 is 19.8 Å². The number of carbonyl (C=O) groups excluding carboxylic acids is 1. The van der Waals surface area contributed by atoms with E-state index in [0.29, 0.717) is 24.7 Å². The molecular weight excluding hydrogens is 510 g/mol.